The van der Waals surface area contributed by atoms with Crippen LogP contribution in [0.2, 0.25) is 0 Å². The van der Waals surface area contributed by atoms with E-state index in [1.165, 1.54) is 17.7 Å². The van der Waals surface area contributed by atoms with Crippen LogP contribution in [-0.2, 0) is 0 Å². The number of hydrogen-bond acceptors (Lipinski definition) is 1. The summed E-state index contributed by atoms with van der Waals surface area (Å²) in [5.41, 5.74) is 2.30. The van der Waals surface area contributed by atoms with Gasteiger partial charge in [0.1, 0.15) is 5.82 Å². The maximum Gasteiger partial charge on any atom is 0.123 e. The normalized spacial score (nSPS) is 12.2. The lowest BCUT2D eigenvalue weighted by Gasteiger charge is -2.06. The largest absolute Gasteiger partial charge is 0.316 e. The molecule has 0 aliphatic heterocycles. The summed E-state index contributed by atoms with van der Waals surface area (Å²) < 4.78 is 12.7. The average molecular weight is 235 g/mol. The Labute approximate surface area is 104 Å². The van der Waals surface area contributed by atoms with Crippen LogP contribution in [0.1, 0.15) is 32.8 Å². The highest BCUT2D eigenvalue weighted by Gasteiger charge is 1.96. The molecule has 2 heteroatoms. The van der Waals surface area contributed by atoms with Gasteiger partial charge in [0.05, 0.1) is 0 Å². The van der Waals surface area contributed by atoms with E-state index in [2.05, 4.69) is 32.2 Å². The number of halogens is 1. The molecule has 0 aliphatic rings. The Kier molecular flexibility index (Phi) is 5.92. The highest BCUT2D eigenvalue weighted by Crippen LogP contribution is 2.14. The molecular weight excluding hydrogens is 213 g/mol. The first-order chi connectivity index (χ1) is 8.09. The second-order valence-electron chi connectivity index (χ2n) is 4.78. The van der Waals surface area contributed by atoms with E-state index in [4.69, 9.17) is 0 Å². The molecule has 94 valence electrons. The Hall–Kier alpha value is -1.15. The van der Waals surface area contributed by atoms with Crippen LogP contribution in [0.15, 0.2) is 30.3 Å². The standard InChI is InChI=1S/C15H22FN/c1-12(2)11-17-10-4-5-13(3)14-6-8-15(16)9-7-14/h5-9,12,17H,4,10-11H2,1-3H3. The van der Waals surface area contributed by atoms with E-state index in [9.17, 15) is 4.39 Å². The Bertz CT molecular complexity index is 352. The monoisotopic (exact) mass is 235 g/mol. The molecule has 0 radical (unpaired) electrons. The van der Waals surface area contributed by atoms with Crippen molar-refractivity contribution in [3.8, 4) is 0 Å². The van der Waals surface area contributed by atoms with Gasteiger partial charge in [0.25, 0.3) is 0 Å². The molecule has 0 aromatic heterocycles. The summed E-state index contributed by atoms with van der Waals surface area (Å²) in [5, 5.41) is 3.40. The topological polar surface area (TPSA) is 12.0 Å². The van der Waals surface area contributed by atoms with Crippen molar-refractivity contribution < 1.29 is 4.39 Å². The highest BCUT2D eigenvalue weighted by molar-refractivity contribution is 5.63. The zero-order valence-corrected chi connectivity index (χ0v) is 11.0. The maximum absolute atomic E-state index is 12.7. The lowest BCUT2D eigenvalue weighted by atomic mass is 10.1. The molecule has 0 spiro atoms. The zero-order chi connectivity index (χ0) is 12.7. The van der Waals surface area contributed by atoms with E-state index in [0.717, 1.165) is 25.1 Å². The fourth-order valence-electron chi connectivity index (χ4n) is 1.61. The van der Waals surface area contributed by atoms with Gasteiger partial charge in [-0.1, -0.05) is 32.1 Å². The van der Waals surface area contributed by atoms with Crippen LogP contribution in [0.5, 0.6) is 0 Å². The summed E-state index contributed by atoms with van der Waals surface area (Å²) in [6.07, 6.45) is 3.20. The van der Waals surface area contributed by atoms with Crippen LogP contribution in [-0.4, -0.2) is 13.1 Å². The van der Waals surface area contributed by atoms with E-state index < -0.39 is 0 Å². The second kappa shape index (κ2) is 7.23. The van der Waals surface area contributed by atoms with Crippen LogP contribution < -0.4 is 5.32 Å². The molecule has 1 N–H and O–H groups in total. The van der Waals surface area contributed by atoms with Crippen molar-refractivity contribution in [1.82, 2.24) is 5.32 Å². The van der Waals surface area contributed by atoms with Gasteiger partial charge in [-0.25, -0.2) is 4.39 Å². The molecule has 0 atom stereocenters. The highest BCUT2D eigenvalue weighted by atomic mass is 19.1. The lowest BCUT2D eigenvalue weighted by Crippen LogP contribution is -2.20. The quantitative estimate of drug-likeness (QED) is 0.738. The molecule has 1 aromatic rings. The minimum Gasteiger partial charge on any atom is -0.316 e. The summed E-state index contributed by atoms with van der Waals surface area (Å²) in [5.74, 6) is 0.511. The van der Waals surface area contributed by atoms with Crippen molar-refractivity contribution in [3.63, 3.8) is 0 Å². The maximum atomic E-state index is 12.7. The number of rotatable bonds is 6. The van der Waals surface area contributed by atoms with Gasteiger partial charge >= 0.3 is 0 Å². The van der Waals surface area contributed by atoms with Crippen molar-refractivity contribution >= 4 is 5.57 Å². The molecule has 0 bridgehead atoms. The van der Waals surface area contributed by atoms with Gasteiger partial charge in [-0.15, -0.1) is 0 Å². The van der Waals surface area contributed by atoms with Gasteiger partial charge in [-0.3, -0.25) is 0 Å². The molecule has 0 fully saturated rings. The predicted octanol–water partition coefficient (Wildman–Crippen LogP) is 3.86. The molecule has 0 heterocycles. The van der Waals surface area contributed by atoms with Crippen LogP contribution in [0.25, 0.3) is 5.57 Å². The van der Waals surface area contributed by atoms with Crippen LogP contribution in [0.4, 0.5) is 4.39 Å². The van der Waals surface area contributed by atoms with Gasteiger partial charge in [0.2, 0.25) is 0 Å². The number of nitrogens with one attached hydrogen (secondary N) is 1. The number of allylic oxidation sites excluding steroid dienone is 1. The van der Waals surface area contributed by atoms with Crippen molar-refractivity contribution in [2.45, 2.75) is 27.2 Å². The Balaban J connectivity index is 2.36. The average Bonchev–Trinajstić information content (AvgIpc) is 2.29. The first kappa shape index (κ1) is 13.9. The van der Waals surface area contributed by atoms with Crippen LogP contribution in [0.3, 0.4) is 0 Å². The van der Waals surface area contributed by atoms with Gasteiger partial charge in [-0.2, -0.15) is 0 Å². The first-order valence-electron chi connectivity index (χ1n) is 6.23. The van der Waals surface area contributed by atoms with Crippen LogP contribution in [0, 0.1) is 11.7 Å². The summed E-state index contributed by atoms with van der Waals surface area (Å²) in [6, 6.07) is 6.65. The third kappa shape index (κ3) is 5.64. The molecular formula is C15H22FN. The number of hydrogen-bond donors (Lipinski definition) is 1. The minimum absolute atomic E-state index is 0.180. The Morgan fingerprint density at radius 3 is 2.53 bits per heavy atom. The summed E-state index contributed by atoms with van der Waals surface area (Å²) in [7, 11) is 0. The van der Waals surface area contributed by atoms with Crippen LogP contribution >= 0.6 is 0 Å². The smallest absolute Gasteiger partial charge is 0.123 e. The summed E-state index contributed by atoms with van der Waals surface area (Å²) in [6.45, 7) is 8.52. The third-order valence-electron chi connectivity index (χ3n) is 2.62. The minimum atomic E-state index is -0.180. The van der Waals surface area contributed by atoms with E-state index >= 15 is 0 Å². The van der Waals surface area contributed by atoms with Gasteiger partial charge in [-0.05, 0) is 55.6 Å². The Morgan fingerprint density at radius 1 is 1.29 bits per heavy atom. The molecule has 0 aliphatic carbocycles. The molecule has 1 rings (SSSR count). The van der Waals surface area contributed by atoms with E-state index in [0.29, 0.717) is 5.92 Å². The van der Waals surface area contributed by atoms with Crippen molar-refractivity contribution in [3.05, 3.63) is 41.7 Å². The summed E-state index contributed by atoms with van der Waals surface area (Å²) in [4.78, 5) is 0. The van der Waals surface area contributed by atoms with Crippen molar-refractivity contribution in [1.29, 1.82) is 0 Å². The molecule has 0 saturated heterocycles. The fraction of sp³-hybridized carbons (Fsp3) is 0.467. The predicted molar refractivity (Wildman–Crippen MR) is 72.4 cm³/mol. The van der Waals surface area contributed by atoms with Gasteiger partial charge in [0.15, 0.2) is 0 Å². The summed E-state index contributed by atoms with van der Waals surface area (Å²) >= 11 is 0. The van der Waals surface area contributed by atoms with Gasteiger partial charge < -0.3 is 5.32 Å². The first-order valence-corrected chi connectivity index (χ1v) is 6.23. The molecule has 0 unspecified atom stereocenters. The fourth-order valence-corrected chi connectivity index (χ4v) is 1.61. The molecule has 17 heavy (non-hydrogen) atoms. The second-order valence-corrected chi connectivity index (χ2v) is 4.78. The molecule has 0 amide bonds. The lowest BCUT2D eigenvalue weighted by molar-refractivity contribution is 0.557. The van der Waals surface area contributed by atoms with Gasteiger partial charge in [0, 0.05) is 0 Å². The molecule has 1 nitrogen and oxygen atoms in total. The third-order valence-corrected chi connectivity index (χ3v) is 2.62. The Morgan fingerprint density at radius 2 is 1.94 bits per heavy atom. The number of benzene rings is 1. The van der Waals surface area contributed by atoms with E-state index in [-0.39, 0.29) is 5.82 Å². The molecule has 0 saturated carbocycles. The van der Waals surface area contributed by atoms with E-state index in [1.54, 1.807) is 0 Å². The zero-order valence-electron chi connectivity index (χ0n) is 11.0. The van der Waals surface area contributed by atoms with Crippen molar-refractivity contribution in [2.75, 3.05) is 13.1 Å². The van der Waals surface area contributed by atoms with E-state index in [1.807, 2.05) is 12.1 Å². The van der Waals surface area contributed by atoms with Crippen molar-refractivity contribution in [2.24, 2.45) is 5.92 Å². The SMILES string of the molecule is CC(=CCCNCC(C)C)c1ccc(F)cc1. The molecule has 1 aromatic carbocycles.